The molecule has 0 unspecified atom stereocenters. The number of aromatic hydroxyl groups is 1. The summed E-state index contributed by atoms with van der Waals surface area (Å²) in [5.74, 6) is 0.769. The number of nitrogens with zero attached hydrogens (tertiary/aromatic N) is 2. The van der Waals surface area contributed by atoms with Gasteiger partial charge >= 0.3 is 5.97 Å². The fraction of sp³-hybridized carbons (Fsp3) is 0.500. The van der Waals surface area contributed by atoms with Gasteiger partial charge < -0.3 is 24.4 Å². The van der Waals surface area contributed by atoms with Crippen LogP contribution in [0.25, 0.3) is 0 Å². The number of likely N-dealkylation sites (N-methyl/N-ethyl adjacent to an activating group) is 2. The molecule has 7 nitrogen and oxygen atoms in total. The zero-order valence-electron chi connectivity index (χ0n) is 21.1. The molecule has 0 aromatic heterocycles. The number of benzene rings is 2. The lowest BCUT2D eigenvalue weighted by Crippen LogP contribution is -2.68. The number of ether oxygens (including phenoxy) is 2. The highest BCUT2D eigenvalue weighted by Gasteiger charge is 2.66. The van der Waals surface area contributed by atoms with E-state index < -0.39 is 5.97 Å². The van der Waals surface area contributed by atoms with Crippen molar-refractivity contribution in [2.24, 2.45) is 5.92 Å². The van der Waals surface area contributed by atoms with Gasteiger partial charge in [0, 0.05) is 42.6 Å². The molecule has 2 aromatic rings. The van der Waals surface area contributed by atoms with Gasteiger partial charge in [-0.25, -0.2) is 0 Å². The molecule has 9 heteroatoms. The van der Waals surface area contributed by atoms with Crippen LogP contribution in [0.2, 0.25) is 10.0 Å². The van der Waals surface area contributed by atoms with E-state index in [1.165, 1.54) is 13.0 Å². The summed E-state index contributed by atoms with van der Waals surface area (Å²) in [6.45, 7) is 2.27. The van der Waals surface area contributed by atoms with Gasteiger partial charge in [-0.3, -0.25) is 9.59 Å². The minimum Gasteiger partial charge on any atom is -0.504 e. The maximum absolute atomic E-state index is 13.5. The third-order valence-electron chi connectivity index (χ3n) is 9.14. The molecule has 6 rings (SSSR count). The first-order valence-corrected chi connectivity index (χ1v) is 13.5. The maximum Gasteiger partial charge on any atom is 0.308 e. The van der Waals surface area contributed by atoms with Crippen LogP contribution in [0.3, 0.4) is 0 Å². The van der Waals surface area contributed by atoms with E-state index >= 15 is 0 Å². The van der Waals surface area contributed by atoms with Crippen LogP contribution in [0.5, 0.6) is 17.2 Å². The molecule has 37 heavy (non-hydrogen) atoms. The number of halogens is 2. The molecular formula is C28H30Cl2N2O5. The predicted molar refractivity (Wildman–Crippen MR) is 140 cm³/mol. The number of carbonyl (C=O) groups excluding carboxylic acids is 2. The molecule has 1 saturated heterocycles. The zero-order chi connectivity index (χ0) is 26.2. The van der Waals surface area contributed by atoms with Crippen LogP contribution in [0.4, 0.5) is 0 Å². The van der Waals surface area contributed by atoms with Crippen molar-refractivity contribution < 1.29 is 24.2 Å². The summed E-state index contributed by atoms with van der Waals surface area (Å²) in [4.78, 5) is 29.6. The van der Waals surface area contributed by atoms with Crippen molar-refractivity contribution in [3.05, 3.63) is 51.0 Å². The Hall–Kier alpha value is -2.48. The quantitative estimate of drug-likeness (QED) is 0.455. The Bertz CT molecular complexity index is 1320. The average Bonchev–Trinajstić information content (AvgIpc) is 3.19. The van der Waals surface area contributed by atoms with Crippen LogP contribution in [0.1, 0.15) is 42.9 Å². The Morgan fingerprint density at radius 3 is 2.76 bits per heavy atom. The van der Waals surface area contributed by atoms with Crippen molar-refractivity contribution in [1.82, 2.24) is 9.80 Å². The lowest BCUT2D eigenvalue weighted by Gasteiger charge is -2.59. The van der Waals surface area contributed by atoms with Gasteiger partial charge in [-0.15, -0.1) is 0 Å². The summed E-state index contributed by atoms with van der Waals surface area (Å²) in [5, 5.41) is 11.9. The predicted octanol–water partition coefficient (Wildman–Crippen LogP) is 4.36. The van der Waals surface area contributed by atoms with Crippen molar-refractivity contribution in [3.8, 4) is 17.2 Å². The summed E-state index contributed by atoms with van der Waals surface area (Å²) >= 11 is 12.2. The summed E-state index contributed by atoms with van der Waals surface area (Å²) in [5.41, 5.74) is 2.38. The number of phenolic OH excluding ortho intramolecular Hbond substituents is 1. The Balaban J connectivity index is 1.39. The Morgan fingerprint density at radius 1 is 1.24 bits per heavy atom. The van der Waals surface area contributed by atoms with Gasteiger partial charge in [0.15, 0.2) is 11.5 Å². The minimum absolute atomic E-state index is 0.0153. The normalized spacial score (nSPS) is 29.3. The topological polar surface area (TPSA) is 79.3 Å². The maximum atomic E-state index is 13.5. The molecule has 2 bridgehead atoms. The van der Waals surface area contributed by atoms with E-state index in [0.717, 1.165) is 48.9 Å². The van der Waals surface area contributed by atoms with Crippen molar-refractivity contribution in [2.45, 2.75) is 62.6 Å². The van der Waals surface area contributed by atoms with Gasteiger partial charge in [0.2, 0.25) is 5.91 Å². The van der Waals surface area contributed by atoms with E-state index in [-0.39, 0.29) is 41.7 Å². The van der Waals surface area contributed by atoms with Crippen LogP contribution in [-0.2, 0) is 27.8 Å². The van der Waals surface area contributed by atoms with Gasteiger partial charge in [0.1, 0.15) is 11.9 Å². The zero-order valence-corrected chi connectivity index (χ0v) is 22.6. The number of phenols is 1. The van der Waals surface area contributed by atoms with Crippen molar-refractivity contribution in [3.63, 3.8) is 0 Å². The highest BCUT2D eigenvalue weighted by Crippen LogP contribution is 2.65. The van der Waals surface area contributed by atoms with E-state index in [0.29, 0.717) is 27.5 Å². The van der Waals surface area contributed by atoms with Crippen LogP contribution < -0.4 is 9.47 Å². The highest BCUT2D eigenvalue weighted by molar-refractivity contribution is 6.42. The third-order valence-corrected chi connectivity index (χ3v) is 9.87. The molecule has 2 fully saturated rings. The molecule has 196 valence electrons. The molecule has 2 aliphatic carbocycles. The largest absolute Gasteiger partial charge is 0.504 e. The van der Waals surface area contributed by atoms with Gasteiger partial charge in [-0.1, -0.05) is 29.3 Å². The van der Waals surface area contributed by atoms with E-state index in [9.17, 15) is 14.7 Å². The molecule has 1 spiro atoms. The molecule has 1 N–H and O–H groups in total. The highest BCUT2D eigenvalue weighted by atomic mass is 35.5. The standard InChI is InChI=1S/C28H30Cl2N2O5/c1-14(33)36-23-13-22(34)26-25-16(23)12-21-17-5-7-20(27(37-26)28(17,25)8-9-31(21)2)32(3)24(35)11-15-4-6-18(29)19(30)10-15/h4,6,10,13,17,20-21,27,34H,5,7-9,11-12H2,1-3H3/t17-,20+,21+,27-,28-/m0/s1. The smallest absolute Gasteiger partial charge is 0.308 e. The van der Waals surface area contributed by atoms with Crippen molar-refractivity contribution in [2.75, 3.05) is 20.6 Å². The van der Waals surface area contributed by atoms with Gasteiger partial charge in [-0.2, -0.15) is 0 Å². The Labute approximate surface area is 226 Å². The first kappa shape index (κ1) is 24.8. The lowest BCUT2D eigenvalue weighted by atomic mass is 9.51. The number of carbonyl (C=O) groups is 2. The van der Waals surface area contributed by atoms with Gasteiger partial charge in [0.25, 0.3) is 0 Å². The number of rotatable bonds is 4. The average molecular weight is 545 g/mol. The summed E-state index contributed by atoms with van der Waals surface area (Å²) < 4.78 is 12.2. The number of esters is 1. The van der Waals surface area contributed by atoms with Crippen molar-refractivity contribution in [1.29, 1.82) is 0 Å². The number of amides is 1. The second kappa shape index (κ2) is 8.79. The molecule has 5 atom stereocenters. The molecule has 2 aliphatic heterocycles. The molecule has 1 amide bonds. The molecule has 2 aromatic carbocycles. The molecule has 0 radical (unpaired) electrons. The summed E-state index contributed by atoms with van der Waals surface area (Å²) in [7, 11) is 3.99. The van der Waals surface area contributed by atoms with E-state index in [2.05, 4.69) is 11.9 Å². The summed E-state index contributed by atoms with van der Waals surface area (Å²) in [6, 6.07) is 6.88. The first-order chi connectivity index (χ1) is 17.6. The third kappa shape index (κ3) is 3.65. The van der Waals surface area contributed by atoms with E-state index in [1.54, 1.807) is 12.1 Å². The lowest BCUT2D eigenvalue weighted by molar-refractivity contribution is -0.139. The van der Waals surface area contributed by atoms with E-state index in [4.69, 9.17) is 32.7 Å². The van der Waals surface area contributed by atoms with Gasteiger partial charge in [-0.05, 0) is 62.9 Å². The molecule has 4 aliphatic rings. The SMILES string of the molecule is CC(=O)Oc1cc(O)c2c3c1C[C@@H]1[C@@H]4CC[C@@H](N(C)C(=O)Cc5ccc(Cl)c(Cl)c5)[C@H](O2)[C@]34CCN1C. The van der Waals surface area contributed by atoms with Crippen LogP contribution in [-0.4, -0.2) is 65.6 Å². The molecular weight excluding hydrogens is 515 g/mol. The van der Waals surface area contributed by atoms with E-state index in [1.807, 2.05) is 18.0 Å². The van der Waals surface area contributed by atoms with Gasteiger partial charge in [0.05, 0.1) is 22.5 Å². The molecule has 1 saturated carbocycles. The Morgan fingerprint density at radius 2 is 2.03 bits per heavy atom. The first-order valence-electron chi connectivity index (χ1n) is 12.8. The Kier molecular flexibility index (Phi) is 5.90. The fourth-order valence-electron chi connectivity index (χ4n) is 7.54. The second-order valence-electron chi connectivity index (χ2n) is 10.9. The fourth-order valence-corrected chi connectivity index (χ4v) is 7.86. The number of piperidine rings is 1. The second-order valence-corrected chi connectivity index (χ2v) is 11.7. The van der Waals surface area contributed by atoms with Crippen LogP contribution >= 0.6 is 23.2 Å². The minimum atomic E-state index is -0.418. The molecule has 2 heterocycles. The summed E-state index contributed by atoms with van der Waals surface area (Å²) in [6.07, 6.45) is 3.26. The van der Waals surface area contributed by atoms with Crippen LogP contribution in [0, 0.1) is 5.92 Å². The van der Waals surface area contributed by atoms with Crippen LogP contribution in [0.15, 0.2) is 24.3 Å². The number of hydrogen-bond acceptors (Lipinski definition) is 6. The number of likely N-dealkylation sites (tertiary alicyclic amines) is 1. The number of hydrogen-bond donors (Lipinski definition) is 1. The monoisotopic (exact) mass is 544 g/mol. The van der Waals surface area contributed by atoms with Crippen molar-refractivity contribution >= 4 is 35.1 Å².